The van der Waals surface area contributed by atoms with Gasteiger partial charge in [-0.05, 0) is 24.3 Å². The molecule has 0 bridgehead atoms. The number of aliphatic carboxylic acids is 1. The Hall–Kier alpha value is -1.49. The number of carboxylic acid groups (broad SMARTS) is 1. The average molecular weight is 295 g/mol. The van der Waals surface area contributed by atoms with Crippen molar-refractivity contribution >= 4 is 23.6 Å². The maximum atomic E-state index is 12.6. The Kier molecular flexibility index (Phi) is 6.58. The highest BCUT2D eigenvalue weighted by Gasteiger charge is 2.20. The summed E-state index contributed by atoms with van der Waals surface area (Å²) in [6, 6.07) is 7.43. The lowest BCUT2D eigenvalue weighted by Gasteiger charge is -2.24. The molecule has 0 saturated carbocycles. The van der Waals surface area contributed by atoms with Gasteiger partial charge in [-0.3, -0.25) is 9.59 Å². The van der Waals surface area contributed by atoms with E-state index < -0.39 is 5.97 Å². The van der Waals surface area contributed by atoms with Gasteiger partial charge in [-0.15, -0.1) is 11.8 Å². The third kappa shape index (κ3) is 4.89. The van der Waals surface area contributed by atoms with E-state index in [1.807, 2.05) is 38.3 Å². The number of hydrogen-bond acceptors (Lipinski definition) is 3. The Bertz CT molecular complexity index is 474. The normalized spacial score (nSPS) is 10.6. The second-order valence-electron chi connectivity index (χ2n) is 4.99. The average Bonchev–Trinajstić information content (AvgIpc) is 2.42. The summed E-state index contributed by atoms with van der Waals surface area (Å²) in [5.41, 5.74) is 0.644. The van der Waals surface area contributed by atoms with Gasteiger partial charge in [0.05, 0.1) is 12.0 Å². The quantitative estimate of drug-likeness (QED) is 0.786. The molecule has 0 spiro atoms. The number of carbonyl (C=O) groups excluding carboxylic acids is 1. The highest BCUT2D eigenvalue weighted by atomic mass is 32.2. The molecule has 110 valence electrons. The van der Waals surface area contributed by atoms with E-state index in [2.05, 4.69) is 0 Å². The summed E-state index contributed by atoms with van der Waals surface area (Å²) in [5.74, 6) is -0.677. The lowest BCUT2D eigenvalue weighted by Crippen LogP contribution is -2.36. The molecule has 1 amide bonds. The molecule has 0 atom stereocenters. The first-order valence-electron chi connectivity index (χ1n) is 6.59. The van der Waals surface area contributed by atoms with E-state index in [9.17, 15) is 9.59 Å². The molecule has 4 nitrogen and oxygen atoms in total. The van der Waals surface area contributed by atoms with Crippen LogP contribution < -0.4 is 0 Å². The molecule has 0 unspecified atom stereocenters. The zero-order valence-electron chi connectivity index (χ0n) is 12.1. The molecule has 1 N–H and O–H groups in total. The van der Waals surface area contributed by atoms with Crippen LogP contribution in [0.5, 0.6) is 0 Å². The second kappa shape index (κ2) is 7.94. The summed E-state index contributed by atoms with van der Waals surface area (Å²) < 4.78 is 0. The predicted octanol–water partition coefficient (Wildman–Crippen LogP) is 2.98. The van der Waals surface area contributed by atoms with E-state index in [4.69, 9.17) is 5.11 Å². The van der Waals surface area contributed by atoms with E-state index in [0.29, 0.717) is 18.0 Å². The largest absolute Gasteiger partial charge is 0.481 e. The van der Waals surface area contributed by atoms with Crippen LogP contribution in [0.15, 0.2) is 29.2 Å². The van der Waals surface area contributed by atoms with Gasteiger partial charge in [-0.1, -0.05) is 26.0 Å². The first-order chi connectivity index (χ1) is 9.45. The molecule has 0 heterocycles. The molecule has 1 rings (SSSR count). The van der Waals surface area contributed by atoms with Crippen LogP contribution in [0, 0.1) is 5.92 Å². The van der Waals surface area contributed by atoms with E-state index in [-0.39, 0.29) is 18.9 Å². The maximum absolute atomic E-state index is 12.6. The van der Waals surface area contributed by atoms with Crippen molar-refractivity contribution in [1.82, 2.24) is 4.90 Å². The van der Waals surface area contributed by atoms with E-state index in [1.54, 1.807) is 11.0 Å². The van der Waals surface area contributed by atoms with Crippen molar-refractivity contribution in [2.45, 2.75) is 25.2 Å². The molecule has 0 aromatic heterocycles. The van der Waals surface area contributed by atoms with E-state index in [0.717, 1.165) is 4.90 Å². The van der Waals surface area contributed by atoms with Gasteiger partial charge < -0.3 is 10.0 Å². The van der Waals surface area contributed by atoms with Crippen molar-refractivity contribution in [3.05, 3.63) is 29.8 Å². The molecular formula is C15H21NO3S. The van der Waals surface area contributed by atoms with E-state index in [1.165, 1.54) is 11.8 Å². The van der Waals surface area contributed by atoms with Gasteiger partial charge in [-0.25, -0.2) is 0 Å². The van der Waals surface area contributed by atoms with Crippen LogP contribution in [0.2, 0.25) is 0 Å². The van der Waals surface area contributed by atoms with Crippen molar-refractivity contribution in [3.8, 4) is 0 Å². The Labute approximate surface area is 124 Å². The molecule has 0 fully saturated rings. The van der Waals surface area contributed by atoms with Gasteiger partial charge in [0.15, 0.2) is 0 Å². The summed E-state index contributed by atoms with van der Waals surface area (Å²) in [5, 5.41) is 8.81. The van der Waals surface area contributed by atoms with Crippen LogP contribution in [0.25, 0.3) is 0 Å². The van der Waals surface area contributed by atoms with Crippen molar-refractivity contribution in [3.63, 3.8) is 0 Å². The fraction of sp³-hybridized carbons (Fsp3) is 0.467. The van der Waals surface area contributed by atoms with Gasteiger partial charge in [0.2, 0.25) is 0 Å². The lowest BCUT2D eigenvalue weighted by atomic mass is 10.1. The number of hydrogen-bond donors (Lipinski definition) is 1. The standard InChI is InChI=1S/C15H21NO3S/c1-11(2)10-16(9-8-14(17)18)15(19)12-6-4-5-7-13(12)20-3/h4-7,11H,8-10H2,1-3H3,(H,17,18). The highest BCUT2D eigenvalue weighted by molar-refractivity contribution is 7.98. The van der Waals surface area contributed by atoms with Crippen LogP contribution in [0.1, 0.15) is 30.6 Å². The van der Waals surface area contributed by atoms with Crippen molar-refractivity contribution in [2.75, 3.05) is 19.3 Å². The summed E-state index contributed by atoms with van der Waals surface area (Å²) in [7, 11) is 0. The van der Waals surface area contributed by atoms with Gasteiger partial charge in [0, 0.05) is 18.0 Å². The highest BCUT2D eigenvalue weighted by Crippen LogP contribution is 2.21. The molecule has 0 saturated heterocycles. The molecular weight excluding hydrogens is 274 g/mol. The van der Waals surface area contributed by atoms with Gasteiger partial charge in [0.1, 0.15) is 0 Å². The number of nitrogens with zero attached hydrogens (tertiary/aromatic N) is 1. The van der Waals surface area contributed by atoms with E-state index >= 15 is 0 Å². The molecule has 1 aromatic rings. The molecule has 20 heavy (non-hydrogen) atoms. The van der Waals surface area contributed by atoms with Gasteiger partial charge >= 0.3 is 5.97 Å². The SMILES string of the molecule is CSc1ccccc1C(=O)N(CCC(=O)O)CC(C)C. The molecule has 0 aliphatic carbocycles. The molecule has 0 aliphatic heterocycles. The van der Waals surface area contributed by atoms with Crippen LogP contribution in [0.3, 0.4) is 0 Å². The number of carbonyl (C=O) groups is 2. The molecule has 0 radical (unpaired) electrons. The van der Waals surface area contributed by atoms with Crippen molar-refractivity contribution in [2.24, 2.45) is 5.92 Å². The molecule has 1 aromatic carbocycles. The smallest absolute Gasteiger partial charge is 0.305 e. The first kappa shape index (κ1) is 16.6. The number of rotatable bonds is 7. The minimum Gasteiger partial charge on any atom is -0.481 e. The zero-order valence-corrected chi connectivity index (χ0v) is 12.9. The zero-order chi connectivity index (χ0) is 15.1. The summed E-state index contributed by atoms with van der Waals surface area (Å²) in [6.07, 6.45) is 1.90. The summed E-state index contributed by atoms with van der Waals surface area (Å²) >= 11 is 1.52. The molecule has 5 heteroatoms. The third-order valence-corrected chi connectivity index (χ3v) is 3.60. The van der Waals surface area contributed by atoms with Crippen molar-refractivity contribution in [1.29, 1.82) is 0 Å². The van der Waals surface area contributed by atoms with Crippen LogP contribution in [0.4, 0.5) is 0 Å². The Morgan fingerprint density at radius 3 is 2.50 bits per heavy atom. The Morgan fingerprint density at radius 2 is 1.95 bits per heavy atom. The number of carboxylic acids is 1. The summed E-state index contributed by atoms with van der Waals surface area (Å²) in [4.78, 5) is 25.9. The Balaban J connectivity index is 2.93. The topological polar surface area (TPSA) is 57.6 Å². The number of amides is 1. The first-order valence-corrected chi connectivity index (χ1v) is 7.82. The minimum absolute atomic E-state index is 0.0279. The van der Waals surface area contributed by atoms with Crippen LogP contribution >= 0.6 is 11.8 Å². The molecule has 0 aliphatic rings. The third-order valence-electron chi connectivity index (χ3n) is 2.81. The fourth-order valence-corrected chi connectivity index (χ4v) is 2.53. The van der Waals surface area contributed by atoms with Gasteiger partial charge in [-0.2, -0.15) is 0 Å². The second-order valence-corrected chi connectivity index (χ2v) is 5.84. The summed E-state index contributed by atoms with van der Waals surface area (Å²) in [6.45, 7) is 4.84. The van der Waals surface area contributed by atoms with Crippen molar-refractivity contribution < 1.29 is 14.7 Å². The Morgan fingerprint density at radius 1 is 1.30 bits per heavy atom. The number of benzene rings is 1. The lowest BCUT2D eigenvalue weighted by molar-refractivity contribution is -0.137. The van der Waals surface area contributed by atoms with Crippen LogP contribution in [-0.4, -0.2) is 41.2 Å². The van der Waals surface area contributed by atoms with Crippen LogP contribution in [-0.2, 0) is 4.79 Å². The predicted molar refractivity (Wildman–Crippen MR) is 81.2 cm³/mol. The number of thioether (sulfide) groups is 1. The monoisotopic (exact) mass is 295 g/mol. The maximum Gasteiger partial charge on any atom is 0.305 e. The van der Waals surface area contributed by atoms with Gasteiger partial charge in [0.25, 0.3) is 5.91 Å². The minimum atomic E-state index is -0.885. The fourth-order valence-electron chi connectivity index (χ4n) is 1.94.